The average Bonchev–Trinajstić information content (AvgIpc) is 3.45. The lowest BCUT2D eigenvalue weighted by Gasteiger charge is -2.03. The minimum atomic E-state index is 0.991. The van der Waals surface area contributed by atoms with Crippen molar-refractivity contribution in [2.45, 2.75) is 12.8 Å². The molecule has 138 valence electrons. The zero-order chi connectivity index (χ0) is 19.0. The predicted molar refractivity (Wildman–Crippen MR) is 123 cm³/mol. The maximum Gasteiger partial charge on any atom is 0.0630 e. The standard InChI is InChI=1S/C24H20N2S2/c1-3-23(27-15-1)17-25-21-11-7-19(8-12-21)5-6-20-9-13-22(14-10-20)26-18-24-4-2-16-28-24/h1-4,7-18H,5-6H2. The molecule has 4 heteroatoms. The maximum absolute atomic E-state index is 4.53. The molecule has 0 fully saturated rings. The number of aryl methyl sites for hydroxylation is 2. The molecule has 0 saturated heterocycles. The summed E-state index contributed by atoms with van der Waals surface area (Å²) in [7, 11) is 0. The fourth-order valence-corrected chi connectivity index (χ4v) is 3.96. The molecule has 0 amide bonds. The monoisotopic (exact) mass is 400 g/mol. The van der Waals surface area contributed by atoms with Crippen molar-refractivity contribution in [2.24, 2.45) is 9.98 Å². The van der Waals surface area contributed by atoms with Gasteiger partial charge in [0.2, 0.25) is 0 Å². The fourth-order valence-electron chi connectivity index (χ4n) is 2.79. The Morgan fingerprint density at radius 3 is 1.36 bits per heavy atom. The predicted octanol–water partition coefficient (Wildman–Crippen LogP) is 7.10. The summed E-state index contributed by atoms with van der Waals surface area (Å²) in [6.45, 7) is 0. The van der Waals surface area contributed by atoms with Gasteiger partial charge in [0.15, 0.2) is 0 Å². The molecule has 0 spiro atoms. The zero-order valence-electron chi connectivity index (χ0n) is 15.4. The van der Waals surface area contributed by atoms with E-state index in [1.165, 1.54) is 20.9 Å². The van der Waals surface area contributed by atoms with Gasteiger partial charge in [-0.2, -0.15) is 0 Å². The maximum atomic E-state index is 4.53. The summed E-state index contributed by atoms with van der Waals surface area (Å²) in [6.07, 6.45) is 5.88. The van der Waals surface area contributed by atoms with Gasteiger partial charge in [0.05, 0.1) is 11.4 Å². The number of hydrogen-bond acceptors (Lipinski definition) is 4. The molecule has 2 nitrogen and oxygen atoms in total. The Labute approximate surface area is 173 Å². The fraction of sp³-hybridized carbons (Fsp3) is 0.0833. The van der Waals surface area contributed by atoms with E-state index in [1.807, 2.05) is 24.6 Å². The Hall–Kier alpha value is -2.82. The van der Waals surface area contributed by atoms with Crippen LogP contribution in [0.4, 0.5) is 11.4 Å². The highest BCUT2D eigenvalue weighted by molar-refractivity contribution is 7.12. The highest BCUT2D eigenvalue weighted by atomic mass is 32.1. The van der Waals surface area contributed by atoms with Crippen LogP contribution in [0, 0.1) is 0 Å². The van der Waals surface area contributed by atoms with Crippen molar-refractivity contribution >= 4 is 46.5 Å². The molecule has 2 aromatic heterocycles. The molecule has 0 atom stereocenters. The van der Waals surface area contributed by atoms with Gasteiger partial charge in [-0.3, -0.25) is 9.98 Å². The van der Waals surface area contributed by atoms with Gasteiger partial charge >= 0.3 is 0 Å². The second kappa shape index (κ2) is 9.40. The summed E-state index contributed by atoms with van der Waals surface area (Å²) in [5.41, 5.74) is 4.64. The molecule has 28 heavy (non-hydrogen) atoms. The summed E-state index contributed by atoms with van der Waals surface area (Å²) in [6, 6.07) is 25.2. The first-order valence-electron chi connectivity index (χ1n) is 9.18. The molecule has 0 aliphatic heterocycles. The SMILES string of the molecule is C(=Nc1ccc(CCc2ccc(N=Cc3cccs3)cc2)cc1)c1cccs1. The first-order valence-corrected chi connectivity index (χ1v) is 10.9. The van der Waals surface area contributed by atoms with E-state index in [1.54, 1.807) is 22.7 Å². The molecule has 0 radical (unpaired) electrons. The first-order chi connectivity index (χ1) is 13.8. The van der Waals surface area contributed by atoms with Crippen molar-refractivity contribution in [3.05, 3.63) is 104 Å². The second-order valence-corrected chi connectivity index (χ2v) is 8.34. The van der Waals surface area contributed by atoms with Gasteiger partial charge in [-0.25, -0.2) is 0 Å². The van der Waals surface area contributed by atoms with E-state index < -0.39 is 0 Å². The van der Waals surface area contributed by atoms with Crippen LogP contribution in [0.3, 0.4) is 0 Å². The van der Waals surface area contributed by atoms with Crippen LogP contribution < -0.4 is 0 Å². The lowest BCUT2D eigenvalue weighted by molar-refractivity contribution is 0.960. The Balaban J connectivity index is 1.30. The quantitative estimate of drug-likeness (QED) is 0.296. The summed E-state index contributed by atoms with van der Waals surface area (Å²) in [5, 5.41) is 4.13. The van der Waals surface area contributed by atoms with Crippen molar-refractivity contribution in [1.29, 1.82) is 0 Å². The third-order valence-corrected chi connectivity index (χ3v) is 5.96. The average molecular weight is 401 g/mol. The second-order valence-electron chi connectivity index (χ2n) is 6.38. The summed E-state index contributed by atoms with van der Waals surface area (Å²) < 4.78 is 0. The van der Waals surface area contributed by atoms with Gasteiger partial charge in [0.1, 0.15) is 0 Å². The minimum absolute atomic E-state index is 0.991. The smallest absolute Gasteiger partial charge is 0.0630 e. The van der Waals surface area contributed by atoms with Gasteiger partial charge in [-0.15, -0.1) is 22.7 Å². The molecule has 2 aromatic carbocycles. The Morgan fingerprint density at radius 2 is 1.00 bits per heavy atom. The van der Waals surface area contributed by atoms with Crippen LogP contribution in [0.1, 0.15) is 20.9 Å². The molecule has 4 aromatic rings. The zero-order valence-corrected chi connectivity index (χ0v) is 17.0. The van der Waals surface area contributed by atoms with E-state index in [0.717, 1.165) is 24.2 Å². The Kier molecular flexibility index (Phi) is 6.22. The van der Waals surface area contributed by atoms with E-state index in [2.05, 4.69) is 81.4 Å². The van der Waals surface area contributed by atoms with Gasteiger partial charge in [0.25, 0.3) is 0 Å². The summed E-state index contributed by atoms with van der Waals surface area (Å²) >= 11 is 3.39. The summed E-state index contributed by atoms with van der Waals surface area (Å²) in [5.74, 6) is 0. The molecule has 0 N–H and O–H groups in total. The highest BCUT2D eigenvalue weighted by Gasteiger charge is 1.98. The largest absolute Gasteiger partial charge is 0.255 e. The number of aliphatic imine (C=N–C) groups is 2. The van der Waals surface area contributed by atoms with Crippen molar-refractivity contribution in [3.8, 4) is 0 Å². The van der Waals surface area contributed by atoms with Gasteiger partial charge in [-0.1, -0.05) is 36.4 Å². The molecule has 0 unspecified atom stereocenters. The van der Waals surface area contributed by atoms with E-state index in [4.69, 9.17) is 0 Å². The van der Waals surface area contributed by atoms with Crippen molar-refractivity contribution in [2.75, 3.05) is 0 Å². The van der Waals surface area contributed by atoms with Crippen LogP contribution in [0.5, 0.6) is 0 Å². The third kappa shape index (κ3) is 5.35. The minimum Gasteiger partial charge on any atom is -0.255 e. The summed E-state index contributed by atoms with van der Waals surface area (Å²) in [4.78, 5) is 11.4. The first kappa shape index (κ1) is 18.5. The van der Waals surface area contributed by atoms with E-state index >= 15 is 0 Å². The topological polar surface area (TPSA) is 24.7 Å². The lowest BCUT2D eigenvalue weighted by Crippen LogP contribution is -1.90. The number of nitrogens with zero attached hydrogens (tertiary/aromatic N) is 2. The molecule has 4 rings (SSSR count). The molecule has 0 saturated carbocycles. The normalized spacial score (nSPS) is 11.6. The van der Waals surface area contributed by atoms with E-state index in [0.29, 0.717) is 0 Å². The van der Waals surface area contributed by atoms with Crippen molar-refractivity contribution in [1.82, 2.24) is 0 Å². The molecule has 0 bridgehead atoms. The van der Waals surface area contributed by atoms with Crippen LogP contribution >= 0.6 is 22.7 Å². The molecular formula is C24H20N2S2. The molecule has 2 heterocycles. The Morgan fingerprint density at radius 1 is 0.571 bits per heavy atom. The lowest BCUT2D eigenvalue weighted by atomic mass is 10.0. The number of rotatable bonds is 7. The van der Waals surface area contributed by atoms with Crippen LogP contribution in [-0.2, 0) is 12.8 Å². The molecule has 0 aliphatic rings. The number of thiophene rings is 2. The van der Waals surface area contributed by atoms with Crippen LogP contribution in [0.25, 0.3) is 0 Å². The van der Waals surface area contributed by atoms with Crippen LogP contribution in [0.15, 0.2) is 93.5 Å². The van der Waals surface area contributed by atoms with Gasteiger partial charge in [0, 0.05) is 22.2 Å². The van der Waals surface area contributed by atoms with Crippen molar-refractivity contribution in [3.63, 3.8) is 0 Å². The Bertz CT molecular complexity index is 939. The van der Waals surface area contributed by atoms with Gasteiger partial charge < -0.3 is 0 Å². The highest BCUT2D eigenvalue weighted by Crippen LogP contribution is 2.18. The van der Waals surface area contributed by atoms with Gasteiger partial charge in [-0.05, 0) is 71.1 Å². The van der Waals surface area contributed by atoms with E-state index in [9.17, 15) is 0 Å². The van der Waals surface area contributed by atoms with Crippen LogP contribution in [-0.4, -0.2) is 12.4 Å². The van der Waals surface area contributed by atoms with E-state index in [-0.39, 0.29) is 0 Å². The number of hydrogen-bond donors (Lipinski definition) is 0. The van der Waals surface area contributed by atoms with Crippen molar-refractivity contribution < 1.29 is 0 Å². The molecule has 0 aliphatic carbocycles. The van der Waals surface area contributed by atoms with Crippen LogP contribution in [0.2, 0.25) is 0 Å². The molecular weight excluding hydrogens is 380 g/mol. The third-order valence-electron chi connectivity index (χ3n) is 4.34. The number of benzene rings is 2.